The highest BCUT2D eigenvalue weighted by molar-refractivity contribution is 6.31. The number of carbonyl (C=O) groups excluding carboxylic acids is 1. The Labute approximate surface area is 111 Å². The highest BCUT2D eigenvalue weighted by Crippen LogP contribution is 2.31. The molecule has 1 aliphatic rings. The first-order valence-electron chi connectivity index (χ1n) is 5.74. The van der Waals surface area contributed by atoms with Gasteiger partial charge in [-0.1, -0.05) is 17.7 Å². The first-order chi connectivity index (χ1) is 8.59. The quantitative estimate of drug-likeness (QED) is 0.852. The van der Waals surface area contributed by atoms with E-state index in [1.165, 1.54) is 7.11 Å². The zero-order valence-corrected chi connectivity index (χ0v) is 11.2. The third-order valence-electron chi connectivity index (χ3n) is 3.26. The summed E-state index contributed by atoms with van der Waals surface area (Å²) in [7, 11) is 1.40. The summed E-state index contributed by atoms with van der Waals surface area (Å²) in [6.45, 7) is 3.21. The summed E-state index contributed by atoms with van der Waals surface area (Å²) in [5.74, 6) is -0.235. The molecule has 1 aliphatic heterocycles. The molecule has 4 nitrogen and oxygen atoms in total. The van der Waals surface area contributed by atoms with Crippen LogP contribution in [0.4, 0.5) is 5.69 Å². The van der Waals surface area contributed by atoms with Crippen molar-refractivity contribution in [3.63, 3.8) is 0 Å². The van der Waals surface area contributed by atoms with Gasteiger partial charge in [0.2, 0.25) is 0 Å². The van der Waals surface area contributed by atoms with E-state index in [4.69, 9.17) is 21.1 Å². The van der Waals surface area contributed by atoms with E-state index in [1.54, 1.807) is 0 Å². The molecule has 2 rings (SSSR count). The Morgan fingerprint density at radius 1 is 1.56 bits per heavy atom. The molecule has 1 N–H and O–H groups in total. The number of rotatable bonds is 4. The van der Waals surface area contributed by atoms with Crippen LogP contribution in [0.25, 0.3) is 0 Å². The topological polar surface area (TPSA) is 47.6 Å². The van der Waals surface area contributed by atoms with Crippen molar-refractivity contribution in [3.8, 4) is 0 Å². The van der Waals surface area contributed by atoms with Gasteiger partial charge < -0.3 is 14.8 Å². The second-order valence-corrected chi connectivity index (χ2v) is 4.94. The minimum Gasteiger partial charge on any atom is -0.468 e. The van der Waals surface area contributed by atoms with Crippen molar-refractivity contribution >= 4 is 23.3 Å². The van der Waals surface area contributed by atoms with Gasteiger partial charge in [0.05, 0.1) is 20.3 Å². The van der Waals surface area contributed by atoms with E-state index in [-0.39, 0.29) is 5.97 Å². The van der Waals surface area contributed by atoms with Gasteiger partial charge in [-0.15, -0.1) is 0 Å². The number of methoxy groups -OCH3 is 1. The minimum absolute atomic E-state index is 0.235. The highest BCUT2D eigenvalue weighted by Gasteiger charge is 2.47. The van der Waals surface area contributed by atoms with Crippen LogP contribution in [0.1, 0.15) is 5.56 Å². The number of hydrogen-bond acceptors (Lipinski definition) is 4. The predicted molar refractivity (Wildman–Crippen MR) is 69.9 cm³/mol. The maximum Gasteiger partial charge on any atom is 0.318 e. The molecular formula is C13H16ClNO3. The molecule has 98 valence electrons. The van der Waals surface area contributed by atoms with Crippen molar-refractivity contribution in [3.05, 3.63) is 28.8 Å². The molecule has 0 spiro atoms. The van der Waals surface area contributed by atoms with Gasteiger partial charge in [0.1, 0.15) is 5.41 Å². The third-order valence-corrected chi connectivity index (χ3v) is 3.67. The van der Waals surface area contributed by atoms with Crippen LogP contribution in [0, 0.1) is 12.3 Å². The van der Waals surface area contributed by atoms with E-state index in [9.17, 15) is 4.79 Å². The van der Waals surface area contributed by atoms with E-state index in [2.05, 4.69) is 5.32 Å². The van der Waals surface area contributed by atoms with Gasteiger partial charge in [0.15, 0.2) is 0 Å². The van der Waals surface area contributed by atoms with Crippen molar-refractivity contribution < 1.29 is 14.3 Å². The van der Waals surface area contributed by atoms with Crippen LogP contribution in [0.2, 0.25) is 5.02 Å². The summed E-state index contributed by atoms with van der Waals surface area (Å²) >= 11 is 6.05. The second kappa shape index (κ2) is 5.16. The minimum atomic E-state index is -0.566. The standard InChI is InChI=1S/C13H16ClNO3/c1-9-10(14)4-3-5-11(9)15-6-13(7-18-8-13)12(16)17-2/h3-5,15H,6-8H2,1-2H3. The van der Waals surface area contributed by atoms with Crippen LogP contribution in [0.15, 0.2) is 18.2 Å². The molecule has 0 unspecified atom stereocenters. The third kappa shape index (κ3) is 2.31. The van der Waals surface area contributed by atoms with Crippen LogP contribution in [-0.4, -0.2) is 32.8 Å². The molecule has 0 atom stereocenters. The predicted octanol–water partition coefficient (Wildman–Crippen LogP) is 2.25. The van der Waals surface area contributed by atoms with E-state index >= 15 is 0 Å². The van der Waals surface area contributed by atoms with Gasteiger partial charge in [0.25, 0.3) is 0 Å². The zero-order chi connectivity index (χ0) is 13.2. The Hall–Kier alpha value is -1.26. The number of ether oxygens (including phenoxy) is 2. The average Bonchev–Trinajstić information content (AvgIpc) is 2.32. The monoisotopic (exact) mass is 269 g/mol. The number of esters is 1. The molecule has 0 aromatic heterocycles. The van der Waals surface area contributed by atoms with Gasteiger partial charge in [-0.05, 0) is 24.6 Å². The van der Waals surface area contributed by atoms with E-state index in [0.717, 1.165) is 11.3 Å². The average molecular weight is 270 g/mol. The van der Waals surface area contributed by atoms with Crippen molar-refractivity contribution in [1.29, 1.82) is 0 Å². The molecule has 0 saturated carbocycles. The van der Waals surface area contributed by atoms with Gasteiger partial charge in [-0.2, -0.15) is 0 Å². The van der Waals surface area contributed by atoms with E-state index in [1.807, 2.05) is 25.1 Å². The smallest absolute Gasteiger partial charge is 0.318 e. The lowest BCUT2D eigenvalue weighted by atomic mass is 9.86. The Bertz CT molecular complexity index is 458. The number of hydrogen-bond donors (Lipinski definition) is 1. The van der Waals surface area contributed by atoms with Crippen molar-refractivity contribution in [2.45, 2.75) is 6.92 Å². The van der Waals surface area contributed by atoms with Crippen LogP contribution in [-0.2, 0) is 14.3 Å². The Morgan fingerprint density at radius 3 is 2.83 bits per heavy atom. The van der Waals surface area contributed by atoms with Crippen LogP contribution in [0.3, 0.4) is 0 Å². The summed E-state index contributed by atoms with van der Waals surface area (Å²) in [5, 5.41) is 3.95. The van der Waals surface area contributed by atoms with Gasteiger partial charge >= 0.3 is 5.97 Å². The number of halogens is 1. The molecule has 5 heteroatoms. The summed E-state index contributed by atoms with van der Waals surface area (Å²) in [6.07, 6.45) is 0. The first kappa shape index (κ1) is 13.2. The largest absolute Gasteiger partial charge is 0.468 e. The fourth-order valence-corrected chi connectivity index (χ4v) is 2.09. The molecule has 1 aromatic carbocycles. The SMILES string of the molecule is COC(=O)C1(CNc2cccc(Cl)c2C)COC1. The Kier molecular flexibility index (Phi) is 3.78. The Balaban J connectivity index is 2.07. The molecule has 1 saturated heterocycles. The van der Waals surface area contributed by atoms with Gasteiger partial charge in [-0.3, -0.25) is 4.79 Å². The molecule has 0 aliphatic carbocycles. The fourth-order valence-electron chi connectivity index (χ4n) is 1.92. The fraction of sp³-hybridized carbons (Fsp3) is 0.462. The number of carbonyl (C=O) groups is 1. The van der Waals surface area contributed by atoms with Crippen LogP contribution < -0.4 is 5.32 Å². The molecule has 18 heavy (non-hydrogen) atoms. The molecule has 0 amide bonds. The molecule has 0 bridgehead atoms. The van der Waals surface area contributed by atoms with Crippen LogP contribution in [0.5, 0.6) is 0 Å². The summed E-state index contributed by atoms with van der Waals surface area (Å²) in [4.78, 5) is 11.7. The number of benzene rings is 1. The van der Waals surface area contributed by atoms with Crippen molar-refractivity contribution in [2.75, 3.05) is 32.2 Å². The molecule has 0 radical (unpaired) electrons. The summed E-state index contributed by atoms with van der Waals surface area (Å²) in [6, 6.07) is 5.65. The molecular weight excluding hydrogens is 254 g/mol. The lowest BCUT2D eigenvalue weighted by Gasteiger charge is -2.38. The van der Waals surface area contributed by atoms with Gasteiger partial charge in [-0.25, -0.2) is 0 Å². The summed E-state index contributed by atoms with van der Waals surface area (Å²) in [5.41, 5.74) is 1.33. The van der Waals surface area contributed by atoms with E-state index < -0.39 is 5.41 Å². The summed E-state index contributed by atoms with van der Waals surface area (Å²) < 4.78 is 9.95. The lowest BCUT2D eigenvalue weighted by Crippen LogP contribution is -2.54. The van der Waals surface area contributed by atoms with Crippen molar-refractivity contribution in [1.82, 2.24) is 0 Å². The van der Waals surface area contributed by atoms with Crippen molar-refractivity contribution in [2.24, 2.45) is 5.41 Å². The highest BCUT2D eigenvalue weighted by atomic mass is 35.5. The van der Waals surface area contributed by atoms with E-state index in [0.29, 0.717) is 24.8 Å². The van der Waals surface area contributed by atoms with Gasteiger partial charge in [0, 0.05) is 17.3 Å². The number of anilines is 1. The Morgan fingerprint density at radius 2 is 2.28 bits per heavy atom. The second-order valence-electron chi connectivity index (χ2n) is 4.53. The lowest BCUT2D eigenvalue weighted by molar-refractivity contribution is -0.180. The zero-order valence-electron chi connectivity index (χ0n) is 10.5. The number of nitrogens with one attached hydrogen (secondary N) is 1. The molecule has 1 fully saturated rings. The molecule has 1 heterocycles. The maximum atomic E-state index is 11.7. The maximum absolute atomic E-state index is 11.7. The molecule has 1 aromatic rings. The normalized spacial score (nSPS) is 16.8. The first-order valence-corrected chi connectivity index (χ1v) is 6.12. The van der Waals surface area contributed by atoms with Crippen LogP contribution >= 0.6 is 11.6 Å².